The van der Waals surface area contributed by atoms with Gasteiger partial charge in [0.05, 0.1) is 0 Å². The number of rotatable bonds is 9. The maximum Gasteiger partial charge on any atom is 0.536 e. The molecular weight excluding hydrogens is 368 g/mol. The molecule has 2 rings (SSSR count). The molecule has 8 heteroatoms. The molecule has 0 aliphatic carbocycles. The van der Waals surface area contributed by atoms with Gasteiger partial charge in [0.25, 0.3) is 0 Å². The summed E-state index contributed by atoms with van der Waals surface area (Å²) < 4.78 is 33.1. The maximum atomic E-state index is 5.52. The van der Waals surface area contributed by atoms with Crippen LogP contribution in [0.15, 0.2) is 48.5 Å². The predicted octanol–water partition coefficient (Wildman–Crippen LogP) is 1.52. The first-order chi connectivity index (χ1) is 12.5. The van der Waals surface area contributed by atoms with Crippen molar-refractivity contribution in [1.29, 1.82) is 0 Å². The zero-order valence-corrected chi connectivity index (χ0v) is 18.1. The number of benzene rings is 2. The Bertz CT molecular complexity index is 604. The lowest BCUT2D eigenvalue weighted by Crippen LogP contribution is -2.54. The van der Waals surface area contributed by atoms with E-state index in [1.165, 1.54) is 0 Å². The summed E-state index contributed by atoms with van der Waals surface area (Å²) in [7, 11) is 3.98. The summed E-state index contributed by atoms with van der Waals surface area (Å²) in [4.78, 5) is 0. The fourth-order valence-electron chi connectivity index (χ4n) is 2.94. The Kier molecular flexibility index (Phi) is 7.27. The largest absolute Gasteiger partial charge is 0.536 e. The smallest absolute Gasteiger partial charge is 0.373 e. The Morgan fingerprint density at radius 3 is 0.846 bits per heavy atom. The molecule has 0 amide bonds. The van der Waals surface area contributed by atoms with Gasteiger partial charge in [0.2, 0.25) is 0 Å². The second-order valence-electron chi connectivity index (χ2n) is 5.49. The Morgan fingerprint density at radius 1 is 0.423 bits per heavy atom. The fraction of sp³-hybridized carbons (Fsp3) is 0.333. The Hall–Kier alpha value is -1.37. The van der Waals surface area contributed by atoms with E-state index in [4.69, 9.17) is 26.6 Å². The molecule has 0 spiro atoms. The molecule has 0 fully saturated rings. The first-order valence-electron chi connectivity index (χ1n) is 8.07. The summed E-state index contributed by atoms with van der Waals surface area (Å²) in [6, 6.07) is 16.0. The average Bonchev–Trinajstić information content (AvgIpc) is 2.72. The summed E-state index contributed by atoms with van der Waals surface area (Å²) in [6.07, 6.45) is 0. The molecule has 26 heavy (non-hydrogen) atoms. The zero-order valence-electron chi connectivity index (χ0n) is 16.1. The van der Waals surface area contributed by atoms with Crippen LogP contribution >= 0.6 is 0 Å². The van der Waals surface area contributed by atoms with Gasteiger partial charge in [-0.1, -0.05) is 48.5 Å². The van der Waals surface area contributed by atoms with Crippen LogP contribution in [0.4, 0.5) is 0 Å². The van der Waals surface area contributed by atoms with Gasteiger partial charge in [-0.25, -0.2) is 0 Å². The van der Waals surface area contributed by atoms with Crippen LogP contribution in [0.5, 0.6) is 0 Å². The average molecular weight is 395 g/mol. The topological polar surface area (TPSA) is 55.4 Å². The van der Waals surface area contributed by atoms with E-state index >= 15 is 0 Å². The molecule has 0 saturated heterocycles. The lowest BCUT2D eigenvalue weighted by Gasteiger charge is -2.25. The number of hydrogen-bond acceptors (Lipinski definition) is 6. The summed E-state index contributed by atoms with van der Waals surface area (Å²) in [6.45, 7) is 0. The van der Waals surface area contributed by atoms with Crippen LogP contribution in [0.2, 0.25) is 0 Å². The van der Waals surface area contributed by atoms with Crippen LogP contribution in [0.25, 0.3) is 11.1 Å². The van der Waals surface area contributed by atoms with E-state index in [-0.39, 0.29) is 0 Å². The highest BCUT2D eigenvalue weighted by atomic mass is 28.4. The van der Waals surface area contributed by atoms with Crippen LogP contribution < -0.4 is 10.4 Å². The van der Waals surface area contributed by atoms with Crippen molar-refractivity contribution in [2.45, 2.75) is 0 Å². The summed E-state index contributed by atoms with van der Waals surface area (Å²) in [5, 5.41) is 1.82. The SMILES string of the molecule is CO[Si](OC)(OC)c1ccc(-c2ccc([Si](OC)(OC)OC)cc2)cc1. The van der Waals surface area contributed by atoms with Crippen molar-refractivity contribution in [2.75, 3.05) is 42.7 Å². The van der Waals surface area contributed by atoms with Gasteiger partial charge in [-0.05, 0) is 11.1 Å². The van der Waals surface area contributed by atoms with E-state index in [1.54, 1.807) is 42.7 Å². The minimum atomic E-state index is -2.81. The summed E-state index contributed by atoms with van der Waals surface area (Å²) in [5.74, 6) is 0. The van der Waals surface area contributed by atoms with Crippen LogP contribution in [-0.2, 0) is 26.6 Å². The molecule has 0 unspecified atom stereocenters. The molecule has 0 saturated carbocycles. The number of hydrogen-bond donors (Lipinski definition) is 0. The van der Waals surface area contributed by atoms with E-state index in [1.807, 2.05) is 48.5 Å². The molecule has 0 atom stereocenters. The Labute approximate surface area is 157 Å². The van der Waals surface area contributed by atoms with Crippen LogP contribution in [-0.4, -0.2) is 60.3 Å². The molecule has 0 aliphatic rings. The third-order valence-electron chi connectivity index (χ3n) is 4.42. The molecule has 0 bridgehead atoms. The second-order valence-corrected chi connectivity index (χ2v) is 11.3. The fourth-order valence-corrected chi connectivity index (χ4v) is 6.50. The molecule has 2 aromatic carbocycles. The van der Waals surface area contributed by atoms with Crippen molar-refractivity contribution in [3.05, 3.63) is 48.5 Å². The van der Waals surface area contributed by atoms with E-state index in [0.29, 0.717) is 0 Å². The molecule has 0 aromatic heterocycles. The van der Waals surface area contributed by atoms with Gasteiger partial charge in [-0.15, -0.1) is 0 Å². The predicted molar refractivity (Wildman–Crippen MR) is 105 cm³/mol. The van der Waals surface area contributed by atoms with E-state index < -0.39 is 17.6 Å². The van der Waals surface area contributed by atoms with Gasteiger partial charge >= 0.3 is 17.6 Å². The molecule has 0 radical (unpaired) electrons. The second kappa shape index (κ2) is 9.02. The molecule has 2 aromatic rings. The van der Waals surface area contributed by atoms with E-state index in [9.17, 15) is 0 Å². The van der Waals surface area contributed by atoms with Gasteiger partial charge in [0.15, 0.2) is 0 Å². The van der Waals surface area contributed by atoms with Gasteiger partial charge < -0.3 is 26.6 Å². The van der Waals surface area contributed by atoms with Crippen molar-refractivity contribution in [1.82, 2.24) is 0 Å². The zero-order chi connectivity index (χ0) is 19.2. The normalized spacial score (nSPS) is 12.4. The lowest BCUT2D eigenvalue weighted by atomic mass is 10.1. The molecule has 0 heterocycles. The quantitative estimate of drug-likeness (QED) is 0.601. The first kappa shape index (κ1) is 20.9. The van der Waals surface area contributed by atoms with Gasteiger partial charge in [-0.3, -0.25) is 0 Å². The van der Waals surface area contributed by atoms with Crippen LogP contribution in [0.1, 0.15) is 0 Å². The van der Waals surface area contributed by atoms with Crippen molar-refractivity contribution in [3.63, 3.8) is 0 Å². The standard InChI is InChI=1S/C18H26O6Si2/c1-19-25(20-2,21-3)17-11-7-15(8-12-17)16-9-13-18(14-10-16)26(22-4,23-5)24-6/h7-14H,1-6H3. The highest BCUT2D eigenvalue weighted by molar-refractivity contribution is 6.75. The molecule has 6 nitrogen and oxygen atoms in total. The lowest BCUT2D eigenvalue weighted by molar-refractivity contribution is 0.140. The van der Waals surface area contributed by atoms with Gasteiger partial charge in [-0.2, -0.15) is 0 Å². The summed E-state index contributed by atoms with van der Waals surface area (Å²) >= 11 is 0. The third-order valence-corrected chi connectivity index (χ3v) is 9.73. The Morgan fingerprint density at radius 2 is 0.654 bits per heavy atom. The minimum Gasteiger partial charge on any atom is -0.373 e. The first-order valence-corrected chi connectivity index (χ1v) is 11.5. The highest BCUT2D eigenvalue weighted by Gasteiger charge is 2.41. The van der Waals surface area contributed by atoms with E-state index in [0.717, 1.165) is 21.5 Å². The van der Waals surface area contributed by atoms with Crippen molar-refractivity contribution in [2.24, 2.45) is 0 Å². The van der Waals surface area contributed by atoms with Gasteiger partial charge in [0, 0.05) is 53.0 Å². The van der Waals surface area contributed by atoms with Crippen molar-refractivity contribution >= 4 is 28.0 Å². The third kappa shape index (κ3) is 3.82. The maximum absolute atomic E-state index is 5.52. The summed E-state index contributed by atoms with van der Waals surface area (Å²) in [5.41, 5.74) is 2.15. The van der Waals surface area contributed by atoms with E-state index in [2.05, 4.69) is 0 Å². The highest BCUT2D eigenvalue weighted by Crippen LogP contribution is 2.19. The monoisotopic (exact) mass is 394 g/mol. The molecule has 0 aliphatic heterocycles. The molecule has 142 valence electrons. The van der Waals surface area contributed by atoms with Crippen molar-refractivity contribution < 1.29 is 26.6 Å². The molecule has 0 N–H and O–H groups in total. The Balaban J connectivity index is 2.30. The van der Waals surface area contributed by atoms with Crippen molar-refractivity contribution in [3.8, 4) is 11.1 Å². The van der Waals surface area contributed by atoms with Gasteiger partial charge in [0.1, 0.15) is 0 Å². The molecular formula is C18H26O6Si2. The van der Waals surface area contributed by atoms with Crippen LogP contribution in [0.3, 0.4) is 0 Å². The van der Waals surface area contributed by atoms with Crippen LogP contribution in [0, 0.1) is 0 Å². The minimum absolute atomic E-state index is 0.912.